The number of carbonyl (C=O) groups is 4. The number of alkyl carbamates (subject to hydrolysis) is 1. The van der Waals surface area contributed by atoms with E-state index in [0.717, 1.165) is 6.42 Å². The van der Waals surface area contributed by atoms with Crippen molar-refractivity contribution in [2.24, 2.45) is 5.73 Å². The summed E-state index contributed by atoms with van der Waals surface area (Å²) in [6, 6.07) is 8.23. The van der Waals surface area contributed by atoms with Gasteiger partial charge in [0.05, 0.1) is 17.1 Å². The van der Waals surface area contributed by atoms with Crippen LogP contribution in [0.3, 0.4) is 0 Å². The zero-order valence-corrected chi connectivity index (χ0v) is 23.2. The zero-order chi connectivity index (χ0) is 28.9. The summed E-state index contributed by atoms with van der Waals surface area (Å²) in [6.07, 6.45) is 0.636. The summed E-state index contributed by atoms with van der Waals surface area (Å²) in [5, 5.41) is 15.8. The van der Waals surface area contributed by atoms with Crippen molar-refractivity contribution in [1.82, 2.24) is 10.2 Å². The number of nitrogens with zero attached hydrogens (tertiary/aromatic N) is 1. The molecule has 3 rings (SSSR count). The highest BCUT2D eigenvalue weighted by molar-refractivity contribution is 6.34. The fourth-order valence-electron chi connectivity index (χ4n) is 4.33. The van der Waals surface area contributed by atoms with Crippen molar-refractivity contribution < 1.29 is 29.0 Å². The normalized spacial score (nSPS) is 14.9. The quantitative estimate of drug-likeness (QED) is 0.362. The molecule has 210 valence electrons. The van der Waals surface area contributed by atoms with Crippen molar-refractivity contribution >= 4 is 41.1 Å². The van der Waals surface area contributed by atoms with Gasteiger partial charge in [-0.15, -0.1) is 0 Å². The molecule has 1 aliphatic carbocycles. The van der Waals surface area contributed by atoms with Crippen molar-refractivity contribution in [3.63, 3.8) is 0 Å². The van der Waals surface area contributed by atoms with E-state index >= 15 is 0 Å². The summed E-state index contributed by atoms with van der Waals surface area (Å²) in [4.78, 5) is 53.9. The van der Waals surface area contributed by atoms with Gasteiger partial charge in [0, 0.05) is 6.04 Å². The van der Waals surface area contributed by atoms with Gasteiger partial charge in [-0.25, -0.2) is 4.79 Å². The number of hydrogen-bond acceptors (Lipinski definition) is 6. The Labute approximate surface area is 232 Å². The van der Waals surface area contributed by atoms with Gasteiger partial charge in [-0.2, -0.15) is 0 Å². The number of nitrogens with one attached hydrogen (secondary N) is 2. The lowest BCUT2D eigenvalue weighted by Crippen LogP contribution is -2.57. The zero-order valence-electron chi connectivity index (χ0n) is 22.5. The molecule has 2 atom stereocenters. The number of hydrogen-bond donors (Lipinski definition) is 4. The number of rotatable bonds is 9. The van der Waals surface area contributed by atoms with E-state index in [9.17, 15) is 24.3 Å². The van der Waals surface area contributed by atoms with Gasteiger partial charge in [-0.05, 0) is 76.3 Å². The van der Waals surface area contributed by atoms with Crippen LogP contribution in [0.2, 0.25) is 5.02 Å². The Morgan fingerprint density at radius 1 is 1.15 bits per heavy atom. The Morgan fingerprint density at radius 3 is 2.36 bits per heavy atom. The molecule has 0 aliphatic heterocycles. The molecule has 10 nitrogen and oxygen atoms in total. The molecule has 0 spiro atoms. The lowest BCUT2D eigenvalue weighted by molar-refractivity contribution is -0.146. The van der Waals surface area contributed by atoms with Crippen LogP contribution in [0.1, 0.15) is 63.6 Å². The molecule has 2 aromatic rings. The molecule has 39 heavy (non-hydrogen) atoms. The van der Waals surface area contributed by atoms with Crippen LogP contribution in [0, 0.1) is 6.92 Å². The smallest absolute Gasteiger partial charge is 0.408 e. The summed E-state index contributed by atoms with van der Waals surface area (Å²) in [7, 11) is 0. The summed E-state index contributed by atoms with van der Waals surface area (Å²) in [5.74, 6) is -2.17. The largest absolute Gasteiger partial charge is 0.508 e. The maximum atomic E-state index is 14.1. The lowest BCUT2D eigenvalue weighted by Gasteiger charge is -2.43. The third kappa shape index (κ3) is 7.86. The first kappa shape index (κ1) is 29.8. The summed E-state index contributed by atoms with van der Waals surface area (Å²) >= 11 is 6.36. The van der Waals surface area contributed by atoms with Crippen LogP contribution in [-0.4, -0.2) is 51.5 Å². The number of phenols is 1. The molecular formula is C28H35ClN4O6. The van der Waals surface area contributed by atoms with Gasteiger partial charge < -0.3 is 31.1 Å². The molecule has 1 fully saturated rings. The topological polar surface area (TPSA) is 151 Å². The van der Waals surface area contributed by atoms with E-state index in [2.05, 4.69) is 10.6 Å². The highest BCUT2D eigenvalue weighted by Crippen LogP contribution is 2.36. The number of benzene rings is 2. The van der Waals surface area contributed by atoms with Gasteiger partial charge in [-0.3, -0.25) is 14.4 Å². The highest BCUT2D eigenvalue weighted by atomic mass is 35.5. The number of ether oxygens (including phenoxy) is 1. The predicted molar refractivity (Wildman–Crippen MR) is 147 cm³/mol. The molecule has 0 saturated heterocycles. The number of aryl methyl sites for hydroxylation is 1. The van der Waals surface area contributed by atoms with E-state index in [1.807, 2.05) is 0 Å². The molecule has 0 bridgehead atoms. The van der Waals surface area contributed by atoms with E-state index in [1.165, 1.54) is 17.0 Å². The number of para-hydroxylation sites is 1. The molecule has 5 N–H and O–H groups in total. The molecule has 1 saturated carbocycles. The van der Waals surface area contributed by atoms with Crippen LogP contribution in [0.25, 0.3) is 0 Å². The van der Waals surface area contributed by atoms with Crippen molar-refractivity contribution in [3.8, 4) is 5.75 Å². The highest BCUT2D eigenvalue weighted by Gasteiger charge is 2.42. The number of anilines is 1. The first-order chi connectivity index (χ1) is 18.3. The van der Waals surface area contributed by atoms with Crippen molar-refractivity contribution in [3.05, 3.63) is 58.6 Å². The molecule has 0 aromatic heterocycles. The van der Waals surface area contributed by atoms with Gasteiger partial charge in [-0.1, -0.05) is 35.9 Å². The summed E-state index contributed by atoms with van der Waals surface area (Å²) in [5.41, 5.74) is 6.02. The molecule has 0 heterocycles. The minimum Gasteiger partial charge on any atom is -0.508 e. The number of amides is 4. The fraction of sp³-hybridized carbons (Fsp3) is 0.429. The van der Waals surface area contributed by atoms with E-state index in [1.54, 1.807) is 58.0 Å². The fourth-order valence-corrected chi connectivity index (χ4v) is 4.60. The number of carbonyl (C=O) groups excluding carboxylic acids is 4. The van der Waals surface area contributed by atoms with Crippen molar-refractivity contribution in [1.29, 1.82) is 0 Å². The average Bonchev–Trinajstić information content (AvgIpc) is 2.77. The van der Waals surface area contributed by atoms with Crippen LogP contribution in [-0.2, 0) is 19.1 Å². The third-order valence-electron chi connectivity index (χ3n) is 6.30. The van der Waals surface area contributed by atoms with Crippen LogP contribution in [0.5, 0.6) is 5.75 Å². The van der Waals surface area contributed by atoms with Gasteiger partial charge in [0.25, 0.3) is 5.91 Å². The molecule has 0 radical (unpaired) electrons. The Bertz CT molecular complexity index is 1220. The number of phenolic OH excluding ortho intramolecular Hbond substituents is 1. The second-order valence-corrected chi connectivity index (χ2v) is 11.0. The van der Waals surface area contributed by atoms with Crippen LogP contribution < -0.4 is 16.4 Å². The minimum absolute atomic E-state index is 0.0965. The maximum absolute atomic E-state index is 14.1. The molecule has 2 aromatic carbocycles. The number of primary amides is 1. The van der Waals surface area contributed by atoms with Crippen molar-refractivity contribution in [2.45, 2.75) is 77.1 Å². The Kier molecular flexibility index (Phi) is 9.45. The van der Waals surface area contributed by atoms with Gasteiger partial charge in [0.15, 0.2) is 0 Å². The van der Waals surface area contributed by atoms with Crippen LogP contribution >= 0.6 is 11.6 Å². The Morgan fingerprint density at radius 2 is 1.82 bits per heavy atom. The number of nitrogens with two attached hydrogens (primary N) is 1. The minimum atomic E-state index is -1.38. The second kappa shape index (κ2) is 12.4. The van der Waals surface area contributed by atoms with Crippen LogP contribution in [0.4, 0.5) is 10.5 Å². The summed E-state index contributed by atoms with van der Waals surface area (Å²) < 4.78 is 5.29. The Hall–Kier alpha value is -3.79. The number of halogens is 1. The summed E-state index contributed by atoms with van der Waals surface area (Å²) in [6.45, 7) is 6.78. The van der Waals surface area contributed by atoms with E-state index < -0.39 is 47.9 Å². The molecular weight excluding hydrogens is 524 g/mol. The maximum Gasteiger partial charge on any atom is 0.408 e. The monoisotopic (exact) mass is 558 g/mol. The molecule has 4 amide bonds. The van der Waals surface area contributed by atoms with E-state index in [-0.39, 0.29) is 11.8 Å². The standard InChI is InChI=1S/C28H35ClN4O6/c1-16-8-5-13-20(29)23(16)32-25(36)24(17-9-6-12-19(34)14-17)33(18-10-7-11-18)26(37)21(15-22(30)35)31-27(38)39-28(2,3)4/h5-6,8-9,12-14,18,21,24,34H,7,10-11,15H2,1-4H3,(H2,30,35)(H,31,38)(H,32,36). The van der Waals surface area contributed by atoms with Crippen molar-refractivity contribution in [2.75, 3.05) is 5.32 Å². The molecule has 1 aliphatic rings. The van der Waals surface area contributed by atoms with Gasteiger partial charge in [0.2, 0.25) is 11.8 Å². The SMILES string of the molecule is Cc1cccc(Cl)c1NC(=O)C(c1cccc(O)c1)N(C(=O)C(CC(N)=O)NC(=O)OC(C)(C)C)C1CCC1. The molecule has 2 unspecified atom stereocenters. The van der Waals surface area contributed by atoms with E-state index in [4.69, 9.17) is 22.1 Å². The third-order valence-corrected chi connectivity index (χ3v) is 6.61. The lowest BCUT2D eigenvalue weighted by atomic mass is 9.87. The second-order valence-electron chi connectivity index (χ2n) is 10.6. The van der Waals surface area contributed by atoms with Gasteiger partial charge >= 0.3 is 6.09 Å². The average molecular weight is 559 g/mol. The Balaban J connectivity index is 2.06. The van der Waals surface area contributed by atoms with Crippen LogP contribution in [0.15, 0.2) is 42.5 Å². The predicted octanol–water partition coefficient (Wildman–Crippen LogP) is 4.18. The number of aromatic hydroxyl groups is 1. The van der Waals surface area contributed by atoms with Gasteiger partial charge in [0.1, 0.15) is 23.4 Å². The molecule has 11 heteroatoms. The van der Waals surface area contributed by atoms with E-state index in [0.29, 0.717) is 34.7 Å². The first-order valence-corrected chi connectivity index (χ1v) is 13.1. The first-order valence-electron chi connectivity index (χ1n) is 12.7.